The van der Waals surface area contributed by atoms with Gasteiger partial charge in [-0.2, -0.15) is 0 Å². The van der Waals surface area contributed by atoms with Crippen LogP contribution in [0, 0.1) is 0 Å². The first-order valence-electron chi connectivity index (χ1n) is 7.69. The first-order chi connectivity index (χ1) is 10.8. The Labute approximate surface area is 130 Å². The number of anilines is 1. The quantitative estimate of drug-likeness (QED) is 0.796. The summed E-state index contributed by atoms with van der Waals surface area (Å²) in [6, 6.07) is 13.7. The predicted octanol–water partition coefficient (Wildman–Crippen LogP) is 2.73. The number of carbonyl (C=O) groups is 1. The van der Waals surface area contributed by atoms with Gasteiger partial charge < -0.3 is 9.64 Å². The maximum Gasteiger partial charge on any atom is 0.163 e. The number of aryl methyl sites for hydroxylation is 1. The molecule has 2 aromatic rings. The van der Waals surface area contributed by atoms with Gasteiger partial charge in [-0.15, -0.1) is 0 Å². The molecule has 114 valence electrons. The van der Waals surface area contributed by atoms with Crippen LogP contribution in [0.15, 0.2) is 48.7 Å². The van der Waals surface area contributed by atoms with Gasteiger partial charge in [-0.05, 0) is 42.8 Å². The van der Waals surface area contributed by atoms with Crippen molar-refractivity contribution in [2.24, 2.45) is 0 Å². The lowest BCUT2D eigenvalue weighted by Crippen LogP contribution is -2.36. The zero-order valence-electron chi connectivity index (χ0n) is 12.6. The Bertz CT molecular complexity index is 605. The van der Waals surface area contributed by atoms with E-state index in [-0.39, 0.29) is 5.78 Å². The number of rotatable bonds is 5. The van der Waals surface area contributed by atoms with Crippen molar-refractivity contribution in [3.05, 3.63) is 59.9 Å². The molecule has 0 N–H and O–H groups in total. The highest BCUT2D eigenvalue weighted by Gasteiger charge is 2.12. The summed E-state index contributed by atoms with van der Waals surface area (Å²) in [6.45, 7) is 3.36. The zero-order chi connectivity index (χ0) is 15.2. The first kappa shape index (κ1) is 14.7. The summed E-state index contributed by atoms with van der Waals surface area (Å²) in [6.07, 6.45) is 2.94. The smallest absolute Gasteiger partial charge is 0.163 e. The third kappa shape index (κ3) is 3.71. The number of hydrogen-bond acceptors (Lipinski definition) is 4. The lowest BCUT2D eigenvalue weighted by molar-refractivity contribution is 0.0982. The lowest BCUT2D eigenvalue weighted by Gasteiger charge is -2.28. The molecule has 4 nitrogen and oxygen atoms in total. The van der Waals surface area contributed by atoms with E-state index in [9.17, 15) is 4.79 Å². The Morgan fingerprint density at radius 2 is 1.86 bits per heavy atom. The summed E-state index contributed by atoms with van der Waals surface area (Å²) in [5.41, 5.74) is 2.89. The summed E-state index contributed by atoms with van der Waals surface area (Å²) in [4.78, 5) is 18.8. The summed E-state index contributed by atoms with van der Waals surface area (Å²) in [5, 5.41) is 0. The molecule has 1 aromatic heterocycles. The molecule has 4 heteroatoms. The number of carbonyl (C=O) groups excluding carboxylic acids is 1. The minimum atomic E-state index is 0.166. The SMILES string of the molecule is O=C(CCc1ccccn1)c1ccc(N2CCOCC2)cc1. The molecule has 1 aliphatic heterocycles. The fourth-order valence-corrected chi connectivity index (χ4v) is 2.61. The van der Waals surface area contributed by atoms with Gasteiger partial charge in [0.2, 0.25) is 0 Å². The normalized spacial score (nSPS) is 14.8. The number of benzene rings is 1. The Kier molecular flexibility index (Phi) is 4.81. The lowest BCUT2D eigenvalue weighted by atomic mass is 10.0. The molecule has 0 unspecified atom stereocenters. The maximum atomic E-state index is 12.2. The number of aromatic nitrogens is 1. The van der Waals surface area contributed by atoms with Crippen LogP contribution in [-0.4, -0.2) is 37.1 Å². The molecule has 1 fully saturated rings. The largest absolute Gasteiger partial charge is 0.378 e. The number of nitrogens with zero attached hydrogens (tertiary/aromatic N) is 2. The monoisotopic (exact) mass is 296 g/mol. The van der Waals surface area contributed by atoms with Crippen LogP contribution in [0.5, 0.6) is 0 Å². The van der Waals surface area contributed by atoms with Gasteiger partial charge in [-0.1, -0.05) is 6.07 Å². The highest BCUT2D eigenvalue weighted by molar-refractivity contribution is 5.96. The average molecular weight is 296 g/mol. The van der Waals surface area contributed by atoms with Gasteiger partial charge in [0.1, 0.15) is 0 Å². The Morgan fingerprint density at radius 3 is 2.55 bits per heavy atom. The van der Waals surface area contributed by atoms with Crippen LogP contribution in [0.3, 0.4) is 0 Å². The van der Waals surface area contributed by atoms with Crippen molar-refractivity contribution >= 4 is 11.5 Å². The molecular formula is C18H20N2O2. The minimum Gasteiger partial charge on any atom is -0.378 e. The van der Waals surface area contributed by atoms with Crippen LogP contribution in [0.4, 0.5) is 5.69 Å². The van der Waals surface area contributed by atoms with Crippen LogP contribution >= 0.6 is 0 Å². The average Bonchev–Trinajstić information content (AvgIpc) is 2.61. The molecular weight excluding hydrogens is 276 g/mol. The van der Waals surface area contributed by atoms with Crippen molar-refractivity contribution in [3.8, 4) is 0 Å². The van der Waals surface area contributed by atoms with E-state index < -0.39 is 0 Å². The number of ether oxygens (including phenoxy) is 1. The molecule has 0 atom stereocenters. The van der Waals surface area contributed by atoms with Crippen LogP contribution in [0.25, 0.3) is 0 Å². The molecule has 3 rings (SSSR count). The molecule has 0 radical (unpaired) electrons. The molecule has 1 saturated heterocycles. The van der Waals surface area contributed by atoms with E-state index in [4.69, 9.17) is 4.74 Å². The third-order valence-electron chi connectivity index (χ3n) is 3.90. The van der Waals surface area contributed by atoms with E-state index in [1.165, 1.54) is 0 Å². The topological polar surface area (TPSA) is 42.4 Å². The molecule has 1 aromatic carbocycles. The summed E-state index contributed by atoms with van der Waals surface area (Å²) in [5.74, 6) is 0.166. The molecule has 0 spiro atoms. The van der Waals surface area contributed by atoms with Gasteiger partial charge in [0, 0.05) is 42.7 Å². The van der Waals surface area contributed by atoms with Crippen molar-refractivity contribution in [1.82, 2.24) is 4.98 Å². The fourth-order valence-electron chi connectivity index (χ4n) is 2.61. The highest BCUT2D eigenvalue weighted by atomic mass is 16.5. The molecule has 1 aliphatic rings. The standard InChI is InChI=1S/C18H20N2O2/c21-18(9-6-16-3-1-2-10-19-16)15-4-7-17(8-5-15)20-11-13-22-14-12-20/h1-5,7-8,10H,6,9,11-14H2. The van der Waals surface area contributed by atoms with Gasteiger partial charge in [0.05, 0.1) is 13.2 Å². The van der Waals surface area contributed by atoms with E-state index >= 15 is 0 Å². The van der Waals surface area contributed by atoms with Gasteiger partial charge in [-0.25, -0.2) is 0 Å². The second kappa shape index (κ2) is 7.18. The van der Waals surface area contributed by atoms with Crippen molar-refractivity contribution in [2.75, 3.05) is 31.2 Å². The van der Waals surface area contributed by atoms with Crippen molar-refractivity contribution < 1.29 is 9.53 Å². The van der Waals surface area contributed by atoms with Crippen molar-refractivity contribution in [1.29, 1.82) is 0 Å². The molecule has 0 aliphatic carbocycles. The Morgan fingerprint density at radius 1 is 1.09 bits per heavy atom. The highest BCUT2D eigenvalue weighted by Crippen LogP contribution is 2.17. The predicted molar refractivity (Wildman–Crippen MR) is 86.4 cm³/mol. The molecule has 22 heavy (non-hydrogen) atoms. The minimum absolute atomic E-state index is 0.166. The van der Waals surface area contributed by atoms with E-state index in [2.05, 4.69) is 9.88 Å². The van der Waals surface area contributed by atoms with Crippen LogP contribution in [0.2, 0.25) is 0 Å². The van der Waals surface area contributed by atoms with E-state index in [1.807, 2.05) is 42.5 Å². The van der Waals surface area contributed by atoms with Gasteiger partial charge >= 0.3 is 0 Å². The zero-order valence-corrected chi connectivity index (χ0v) is 12.6. The maximum absolute atomic E-state index is 12.2. The second-order valence-electron chi connectivity index (χ2n) is 5.39. The number of ketones is 1. The fraction of sp³-hybridized carbons (Fsp3) is 0.333. The molecule has 0 bridgehead atoms. The summed E-state index contributed by atoms with van der Waals surface area (Å²) < 4.78 is 5.36. The van der Waals surface area contributed by atoms with Gasteiger partial charge in [-0.3, -0.25) is 9.78 Å². The van der Waals surface area contributed by atoms with Gasteiger partial charge in [0.15, 0.2) is 5.78 Å². The second-order valence-corrected chi connectivity index (χ2v) is 5.39. The number of Topliss-reactive ketones (excluding diaryl/α,β-unsaturated/α-hetero) is 1. The third-order valence-corrected chi connectivity index (χ3v) is 3.90. The Hall–Kier alpha value is -2.20. The summed E-state index contributed by atoms with van der Waals surface area (Å²) in [7, 11) is 0. The van der Waals surface area contributed by atoms with Crippen LogP contribution < -0.4 is 4.90 Å². The van der Waals surface area contributed by atoms with Crippen LogP contribution in [0.1, 0.15) is 22.5 Å². The summed E-state index contributed by atoms with van der Waals surface area (Å²) >= 11 is 0. The molecule has 0 saturated carbocycles. The van der Waals surface area contributed by atoms with E-state index in [0.29, 0.717) is 12.8 Å². The van der Waals surface area contributed by atoms with E-state index in [0.717, 1.165) is 43.2 Å². The number of hydrogen-bond donors (Lipinski definition) is 0. The Balaban J connectivity index is 1.58. The van der Waals surface area contributed by atoms with E-state index in [1.54, 1.807) is 6.20 Å². The molecule has 2 heterocycles. The first-order valence-corrected chi connectivity index (χ1v) is 7.69. The van der Waals surface area contributed by atoms with Gasteiger partial charge in [0.25, 0.3) is 0 Å². The number of morpholine rings is 1. The van der Waals surface area contributed by atoms with Crippen molar-refractivity contribution in [3.63, 3.8) is 0 Å². The number of pyridine rings is 1. The molecule has 0 amide bonds. The van der Waals surface area contributed by atoms with Crippen molar-refractivity contribution in [2.45, 2.75) is 12.8 Å². The van der Waals surface area contributed by atoms with Crippen LogP contribution in [-0.2, 0) is 11.2 Å².